The summed E-state index contributed by atoms with van der Waals surface area (Å²) in [4.78, 5) is 16.8. The van der Waals surface area contributed by atoms with E-state index in [1.807, 2.05) is 24.3 Å². The molecule has 142 valence electrons. The average Bonchev–Trinajstić information content (AvgIpc) is 2.65. The van der Waals surface area contributed by atoms with Gasteiger partial charge in [0.05, 0.1) is 11.6 Å². The molecular formula is C19H16BrCl2NO4. The van der Waals surface area contributed by atoms with Crippen molar-refractivity contribution in [2.24, 2.45) is 5.16 Å². The molecule has 0 fully saturated rings. The van der Waals surface area contributed by atoms with Gasteiger partial charge in [-0.05, 0) is 45.3 Å². The Morgan fingerprint density at radius 1 is 1.19 bits per heavy atom. The molecule has 0 unspecified atom stereocenters. The van der Waals surface area contributed by atoms with Gasteiger partial charge in [0.2, 0.25) is 0 Å². The Hall–Kier alpha value is -2.02. The number of rotatable bonds is 7. The highest BCUT2D eigenvalue weighted by molar-refractivity contribution is 9.10. The smallest absolute Gasteiger partial charge is 0.360 e. The Labute approximate surface area is 175 Å². The summed E-state index contributed by atoms with van der Waals surface area (Å²) in [5.74, 6) is 0.0236. The van der Waals surface area contributed by atoms with E-state index in [1.54, 1.807) is 24.3 Å². The number of hydrogen-bond acceptors (Lipinski definition) is 5. The van der Waals surface area contributed by atoms with E-state index in [0.717, 1.165) is 15.6 Å². The molecule has 0 spiro atoms. The van der Waals surface area contributed by atoms with Gasteiger partial charge in [-0.1, -0.05) is 58.7 Å². The molecule has 0 aliphatic heterocycles. The molecule has 0 saturated carbocycles. The molecule has 0 amide bonds. The van der Waals surface area contributed by atoms with Gasteiger partial charge >= 0.3 is 5.97 Å². The molecule has 2 aromatic carbocycles. The van der Waals surface area contributed by atoms with E-state index < -0.39 is 5.97 Å². The Balaban J connectivity index is 2.26. The first-order chi connectivity index (χ1) is 13.0. The van der Waals surface area contributed by atoms with Crippen molar-refractivity contribution in [3.05, 3.63) is 68.1 Å². The number of carbonyl (C=O) groups is 1. The fourth-order valence-electron chi connectivity index (χ4n) is 2.27. The van der Waals surface area contributed by atoms with E-state index in [-0.39, 0.29) is 16.8 Å². The standard InChI is InChI=1S/C19H16BrCl2NO4/c1-25-19(24)18(23-26-2)14-6-4-3-5-13(14)11-27-16-8-7-12(9-15(16)20)10-17(21)22/h3-10H,11H2,1-2H3. The van der Waals surface area contributed by atoms with Gasteiger partial charge in [0.1, 0.15) is 24.0 Å². The Morgan fingerprint density at radius 3 is 2.56 bits per heavy atom. The summed E-state index contributed by atoms with van der Waals surface area (Å²) in [6.07, 6.45) is 1.62. The number of halogens is 3. The summed E-state index contributed by atoms with van der Waals surface area (Å²) in [5, 5.41) is 3.78. The summed E-state index contributed by atoms with van der Waals surface area (Å²) in [5.41, 5.74) is 2.21. The van der Waals surface area contributed by atoms with Gasteiger partial charge in [0.25, 0.3) is 0 Å². The number of esters is 1. The molecule has 2 rings (SSSR count). The van der Waals surface area contributed by atoms with Gasteiger partial charge in [-0.25, -0.2) is 4.79 Å². The van der Waals surface area contributed by atoms with Crippen molar-refractivity contribution in [3.8, 4) is 5.75 Å². The van der Waals surface area contributed by atoms with Crippen molar-refractivity contribution in [2.45, 2.75) is 6.61 Å². The van der Waals surface area contributed by atoms with Crippen LogP contribution in [0.4, 0.5) is 0 Å². The SMILES string of the molecule is CON=C(C(=O)OC)c1ccccc1COc1ccc(C=C(Cl)Cl)cc1Br. The van der Waals surface area contributed by atoms with E-state index in [4.69, 9.17) is 37.5 Å². The number of methoxy groups -OCH3 is 1. The van der Waals surface area contributed by atoms with Crippen LogP contribution in [0, 0.1) is 0 Å². The van der Waals surface area contributed by atoms with Crippen LogP contribution in [0.25, 0.3) is 6.08 Å². The lowest BCUT2D eigenvalue weighted by Gasteiger charge is -2.13. The van der Waals surface area contributed by atoms with Gasteiger partial charge in [-0.2, -0.15) is 0 Å². The van der Waals surface area contributed by atoms with E-state index in [2.05, 4.69) is 21.1 Å². The molecule has 27 heavy (non-hydrogen) atoms. The summed E-state index contributed by atoms with van der Waals surface area (Å²) >= 11 is 14.8. The Bertz CT molecular complexity index is 880. The zero-order chi connectivity index (χ0) is 19.8. The first kappa shape index (κ1) is 21.3. The van der Waals surface area contributed by atoms with Crippen LogP contribution in [0.3, 0.4) is 0 Å². The van der Waals surface area contributed by atoms with Crippen molar-refractivity contribution in [1.29, 1.82) is 0 Å². The fourth-order valence-corrected chi connectivity index (χ4v) is 3.03. The number of nitrogens with zero attached hydrogens (tertiary/aromatic N) is 1. The predicted octanol–water partition coefficient (Wildman–Crippen LogP) is 5.33. The molecule has 8 heteroatoms. The number of hydrogen-bond donors (Lipinski definition) is 0. The molecular weight excluding hydrogens is 457 g/mol. The van der Waals surface area contributed by atoms with Gasteiger partial charge in [0, 0.05) is 5.56 Å². The van der Waals surface area contributed by atoms with Gasteiger partial charge < -0.3 is 14.3 Å². The highest BCUT2D eigenvalue weighted by atomic mass is 79.9. The van der Waals surface area contributed by atoms with Crippen molar-refractivity contribution in [1.82, 2.24) is 0 Å². The van der Waals surface area contributed by atoms with Crippen molar-refractivity contribution < 1.29 is 19.1 Å². The number of benzene rings is 2. The van der Waals surface area contributed by atoms with Crippen LogP contribution >= 0.6 is 39.1 Å². The zero-order valence-electron chi connectivity index (χ0n) is 14.5. The van der Waals surface area contributed by atoms with Crippen LogP contribution in [-0.4, -0.2) is 25.9 Å². The number of ether oxygens (including phenoxy) is 2. The molecule has 0 N–H and O–H groups in total. The average molecular weight is 473 g/mol. The van der Waals surface area contributed by atoms with Crippen molar-refractivity contribution in [2.75, 3.05) is 14.2 Å². The molecule has 2 aromatic rings. The topological polar surface area (TPSA) is 57.1 Å². The third-order valence-electron chi connectivity index (χ3n) is 3.45. The minimum atomic E-state index is -0.598. The van der Waals surface area contributed by atoms with E-state index in [0.29, 0.717) is 11.3 Å². The highest BCUT2D eigenvalue weighted by Crippen LogP contribution is 2.28. The minimum Gasteiger partial charge on any atom is -0.488 e. The lowest BCUT2D eigenvalue weighted by Crippen LogP contribution is -2.19. The normalized spacial score (nSPS) is 10.9. The Morgan fingerprint density at radius 2 is 1.93 bits per heavy atom. The molecule has 0 aliphatic carbocycles. The Kier molecular flexibility index (Phi) is 8.16. The number of carbonyl (C=O) groups excluding carboxylic acids is 1. The third-order valence-corrected chi connectivity index (χ3v) is 4.29. The van der Waals surface area contributed by atoms with Gasteiger partial charge in [-0.15, -0.1) is 0 Å². The number of oxime groups is 1. The molecule has 5 nitrogen and oxygen atoms in total. The molecule has 0 saturated heterocycles. The maximum atomic E-state index is 12.0. The predicted molar refractivity (Wildman–Crippen MR) is 110 cm³/mol. The van der Waals surface area contributed by atoms with Crippen molar-refractivity contribution in [3.63, 3.8) is 0 Å². The highest BCUT2D eigenvalue weighted by Gasteiger charge is 2.19. The van der Waals surface area contributed by atoms with E-state index >= 15 is 0 Å². The van der Waals surface area contributed by atoms with Crippen molar-refractivity contribution >= 4 is 56.9 Å². The van der Waals surface area contributed by atoms with Crippen LogP contribution in [0.2, 0.25) is 0 Å². The quantitative estimate of drug-likeness (QED) is 0.310. The molecule has 0 aromatic heterocycles. The summed E-state index contributed by atoms with van der Waals surface area (Å²) in [6, 6.07) is 12.7. The summed E-state index contributed by atoms with van der Waals surface area (Å²) in [6.45, 7) is 0.208. The van der Waals surface area contributed by atoms with Crippen LogP contribution in [0.5, 0.6) is 5.75 Å². The second-order valence-corrected chi connectivity index (χ2v) is 7.05. The minimum absolute atomic E-state index is 0.0653. The molecule has 0 atom stereocenters. The molecule has 0 bridgehead atoms. The zero-order valence-corrected chi connectivity index (χ0v) is 17.6. The van der Waals surface area contributed by atoms with E-state index in [9.17, 15) is 4.79 Å². The lowest BCUT2D eigenvalue weighted by molar-refractivity contribution is -0.132. The summed E-state index contributed by atoms with van der Waals surface area (Å²) < 4.78 is 11.6. The first-order valence-electron chi connectivity index (χ1n) is 7.69. The second kappa shape index (κ2) is 10.3. The maximum absolute atomic E-state index is 12.0. The molecule has 0 radical (unpaired) electrons. The lowest BCUT2D eigenvalue weighted by atomic mass is 10.0. The van der Waals surface area contributed by atoms with Crippen LogP contribution in [0.1, 0.15) is 16.7 Å². The maximum Gasteiger partial charge on any atom is 0.360 e. The molecule has 0 aliphatic rings. The van der Waals surface area contributed by atoms with Crippen LogP contribution < -0.4 is 4.74 Å². The fraction of sp³-hybridized carbons (Fsp3) is 0.158. The summed E-state index contributed by atoms with van der Waals surface area (Å²) in [7, 11) is 2.65. The second-order valence-electron chi connectivity index (χ2n) is 5.18. The van der Waals surface area contributed by atoms with Crippen LogP contribution in [0.15, 0.2) is 56.6 Å². The molecule has 0 heterocycles. The van der Waals surface area contributed by atoms with E-state index in [1.165, 1.54) is 14.2 Å². The third kappa shape index (κ3) is 5.99. The van der Waals surface area contributed by atoms with Gasteiger partial charge in [0.15, 0.2) is 5.71 Å². The van der Waals surface area contributed by atoms with Gasteiger partial charge in [-0.3, -0.25) is 0 Å². The largest absolute Gasteiger partial charge is 0.488 e. The first-order valence-corrected chi connectivity index (χ1v) is 9.24. The van der Waals surface area contributed by atoms with Crippen LogP contribution in [-0.2, 0) is 21.0 Å². The monoisotopic (exact) mass is 471 g/mol.